The molecule has 0 spiro atoms. The lowest BCUT2D eigenvalue weighted by Crippen LogP contribution is -2.05. The molecule has 1 aromatic carbocycles. The summed E-state index contributed by atoms with van der Waals surface area (Å²) in [5.74, 6) is 0. The van der Waals surface area contributed by atoms with Gasteiger partial charge in [0.1, 0.15) is 0 Å². The number of aryl methyl sites for hydroxylation is 2. The predicted molar refractivity (Wildman–Crippen MR) is 71.3 cm³/mol. The van der Waals surface area contributed by atoms with E-state index in [4.69, 9.17) is 0 Å². The minimum atomic E-state index is -0.115. The number of rotatable bonds is 0. The zero-order chi connectivity index (χ0) is 12.2. The number of aromatic nitrogens is 3. The Morgan fingerprint density at radius 2 is 2.12 bits per heavy atom. The van der Waals surface area contributed by atoms with Gasteiger partial charge in [-0.25, -0.2) is 0 Å². The van der Waals surface area contributed by atoms with Crippen LogP contribution in [-0.2, 0) is 7.05 Å². The zero-order valence-electron chi connectivity index (χ0n) is 9.41. The van der Waals surface area contributed by atoms with E-state index in [1.54, 1.807) is 0 Å². The number of aromatic amines is 1. The van der Waals surface area contributed by atoms with Gasteiger partial charge in [0.25, 0.3) is 5.56 Å². The molecule has 3 rings (SSSR count). The van der Waals surface area contributed by atoms with Gasteiger partial charge in [-0.1, -0.05) is 0 Å². The number of hydrogen-bond acceptors (Lipinski definition) is 2. The Morgan fingerprint density at radius 1 is 1.35 bits per heavy atom. The molecule has 0 aliphatic rings. The molecule has 5 heteroatoms. The number of hydrogen-bond donors (Lipinski definition) is 1. The monoisotopic (exact) mass is 291 g/mol. The molecule has 0 atom stereocenters. The van der Waals surface area contributed by atoms with Crippen molar-refractivity contribution in [3.63, 3.8) is 0 Å². The van der Waals surface area contributed by atoms with Gasteiger partial charge in [0, 0.05) is 17.8 Å². The fraction of sp³-hybridized carbons (Fsp3) is 0.167. The van der Waals surface area contributed by atoms with Crippen LogP contribution in [0, 0.1) is 6.92 Å². The summed E-state index contributed by atoms with van der Waals surface area (Å²) < 4.78 is 2.37. The van der Waals surface area contributed by atoms with Gasteiger partial charge in [-0.3, -0.25) is 9.48 Å². The lowest BCUT2D eigenvalue weighted by molar-refractivity contribution is 0.783. The molecule has 0 amide bonds. The third kappa shape index (κ3) is 1.50. The second-order valence-corrected chi connectivity index (χ2v) is 4.97. The average molecular weight is 292 g/mol. The molecule has 0 saturated carbocycles. The topological polar surface area (TPSA) is 50.7 Å². The van der Waals surface area contributed by atoms with Crippen molar-refractivity contribution in [2.45, 2.75) is 6.92 Å². The number of fused-ring (bicyclic) bond motifs is 2. The van der Waals surface area contributed by atoms with Crippen molar-refractivity contribution < 1.29 is 0 Å². The van der Waals surface area contributed by atoms with Crippen LogP contribution in [0.1, 0.15) is 5.69 Å². The highest BCUT2D eigenvalue weighted by atomic mass is 79.9. The Hall–Kier alpha value is -1.62. The molecular weight excluding hydrogens is 282 g/mol. The summed E-state index contributed by atoms with van der Waals surface area (Å²) in [7, 11) is 1.90. The number of H-pyrrole nitrogens is 1. The van der Waals surface area contributed by atoms with Gasteiger partial charge in [-0.05, 0) is 41.1 Å². The summed E-state index contributed by atoms with van der Waals surface area (Å²) in [6.07, 6.45) is 0. The van der Waals surface area contributed by atoms with Crippen LogP contribution in [0.3, 0.4) is 0 Å². The molecule has 0 bridgehead atoms. The smallest absolute Gasteiger partial charge is 0.262 e. The summed E-state index contributed by atoms with van der Waals surface area (Å²) in [6.45, 7) is 1.98. The molecular formula is C12H10BrN3O. The fourth-order valence-corrected chi connectivity index (χ4v) is 2.45. The standard InChI is InChI=1S/C12H10BrN3O/c1-6-8-3-7-4-9(13)12(17)14-10(7)5-11(8)16(2)15-6/h3-5H,1-2H3,(H,14,17). The normalized spacial score (nSPS) is 11.5. The van der Waals surface area contributed by atoms with E-state index in [0.717, 1.165) is 27.5 Å². The minimum Gasteiger partial charge on any atom is -0.321 e. The van der Waals surface area contributed by atoms with Crippen molar-refractivity contribution >= 4 is 37.7 Å². The molecule has 2 heterocycles. The molecule has 1 N–H and O–H groups in total. The first-order chi connectivity index (χ1) is 8.06. The van der Waals surface area contributed by atoms with Gasteiger partial charge < -0.3 is 4.98 Å². The first kappa shape index (κ1) is 10.5. The zero-order valence-corrected chi connectivity index (χ0v) is 11.0. The summed E-state index contributed by atoms with van der Waals surface area (Å²) in [4.78, 5) is 14.4. The average Bonchev–Trinajstić information content (AvgIpc) is 2.54. The molecule has 0 saturated heterocycles. The van der Waals surface area contributed by atoms with Crippen LogP contribution in [0.15, 0.2) is 27.5 Å². The molecule has 86 valence electrons. The van der Waals surface area contributed by atoms with Gasteiger partial charge in [-0.2, -0.15) is 5.10 Å². The summed E-state index contributed by atoms with van der Waals surface area (Å²) in [6, 6.07) is 5.84. The number of benzene rings is 1. The minimum absolute atomic E-state index is 0.115. The predicted octanol–water partition coefficient (Wildman–Crippen LogP) is 2.49. The molecule has 2 aromatic heterocycles. The maximum atomic E-state index is 11.5. The van der Waals surface area contributed by atoms with E-state index < -0.39 is 0 Å². The van der Waals surface area contributed by atoms with Gasteiger partial charge in [-0.15, -0.1) is 0 Å². The van der Waals surface area contributed by atoms with Crippen LogP contribution in [0.5, 0.6) is 0 Å². The van der Waals surface area contributed by atoms with Gasteiger partial charge >= 0.3 is 0 Å². The lowest BCUT2D eigenvalue weighted by atomic mass is 10.1. The van der Waals surface area contributed by atoms with E-state index in [1.165, 1.54) is 0 Å². The SMILES string of the molecule is Cc1nn(C)c2cc3[nH]c(=O)c(Br)cc3cc12. The Labute approximate surface area is 105 Å². The van der Waals surface area contributed by atoms with E-state index in [9.17, 15) is 4.79 Å². The van der Waals surface area contributed by atoms with Crippen LogP contribution in [0.25, 0.3) is 21.8 Å². The first-order valence-electron chi connectivity index (χ1n) is 5.22. The van der Waals surface area contributed by atoms with Crippen molar-refractivity contribution in [2.24, 2.45) is 7.05 Å². The van der Waals surface area contributed by atoms with Crippen molar-refractivity contribution in [3.05, 3.63) is 38.7 Å². The largest absolute Gasteiger partial charge is 0.321 e. The van der Waals surface area contributed by atoms with Crippen molar-refractivity contribution in [1.29, 1.82) is 0 Å². The lowest BCUT2D eigenvalue weighted by Gasteiger charge is -2.00. The maximum Gasteiger partial charge on any atom is 0.262 e. The molecule has 0 unspecified atom stereocenters. The van der Waals surface area contributed by atoms with E-state index in [-0.39, 0.29) is 5.56 Å². The summed E-state index contributed by atoms with van der Waals surface area (Å²) >= 11 is 3.24. The van der Waals surface area contributed by atoms with E-state index >= 15 is 0 Å². The van der Waals surface area contributed by atoms with Gasteiger partial charge in [0.15, 0.2) is 0 Å². The van der Waals surface area contributed by atoms with Crippen molar-refractivity contribution in [2.75, 3.05) is 0 Å². The third-order valence-electron chi connectivity index (χ3n) is 2.95. The number of pyridine rings is 1. The second kappa shape index (κ2) is 3.43. The molecule has 0 fully saturated rings. The van der Waals surface area contributed by atoms with Crippen molar-refractivity contribution in [3.8, 4) is 0 Å². The third-order valence-corrected chi connectivity index (χ3v) is 3.54. The summed E-state index contributed by atoms with van der Waals surface area (Å²) in [5.41, 5.74) is 2.73. The molecule has 17 heavy (non-hydrogen) atoms. The van der Waals surface area contributed by atoms with Gasteiger partial charge in [0.2, 0.25) is 0 Å². The van der Waals surface area contributed by atoms with E-state index in [0.29, 0.717) is 4.47 Å². The van der Waals surface area contributed by atoms with E-state index in [2.05, 4.69) is 26.0 Å². The first-order valence-corrected chi connectivity index (χ1v) is 6.01. The fourth-order valence-electron chi connectivity index (χ4n) is 2.11. The van der Waals surface area contributed by atoms with Crippen LogP contribution in [0.4, 0.5) is 0 Å². The highest BCUT2D eigenvalue weighted by Crippen LogP contribution is 2.24. The second-order valence-electron chi connectivity index (χ2n) is 4.11. The Morgan fingerprint density at radius 3 is 2.88 bits per heavy atom. The highest BCUT2D eigenvalue weighted by Gasteiger charge is 2.08. The van der Waals surface area contributed by atoms with Crippen LogP contribution in [0.2, 0.25) is 0 Å². The van der Waals surface area contributed by atoms with Gasteiger partial charge in [0.05, 0.1) is 21.2 Å². The molecule has 0 aliphatic carbocycles. The Bertz CT molecular complexity index is 801. The molecule has 0 aliphatic heterocycles. The number of nitrogens with one attached hydrogen (secondary N) is 1. The quantitative estimate of drug-likeness (QED) is 0.692. The number of halogens is 1. The van der Waals surface area contributed by atoms with Crippen molar-refractivity contribution in [1.82, 2.24) is 14.8 Å². The summed E-state index contributed by atoms with van der Waals surface area (Å²) in [5, 5.41) is 6.48. The molecule has 4 nitrogen and oxygen atoms in total. The molecule has 0 radical (unpaired) electrons. The Kier molecular flexibility index (Phi) is 2.13. The maximum absolute atomic E-state index is 11.5. The van der Waals surface area contributed by atoms with E-state index in [1.807, 2.05) is 36.9 Å². The Balaban J connectivity index is 2.54. The van der Waals surface area contributed by atoms with Crippen LogP contribution < -0.4 is 5.56 Å². The number of nitrogens with zero attached hydrogens (tertiary/aromatic N) is 2. The van der Waals surface area contributed by atoms with Crippen LogP contribution >= 0.6 is 15.9 Å². The highest BCUT2D eigenvalue weighted by molar-refractivity contribution is 9.10. The van der Waals surface area contributed by atoms with Crippen LogP contribution in [-0.4, -0.2) is 14.8 Å². The molecule has 3 aromatic rings.